The zero-order valence-electron chi connectivity index (χ0n) is 18.0. The minimum Gasteiger partial charge on any atom is -0.465 e. The highest BCUT2D eigenvalue weighted by atomic mass is 35.5. The third-order valence-corrected chi connectivity index (χ3v) is 8.85. The number of esters is 1. The molecule has 0 unspecified atom stereocenters. The summed E-state index contributed by atoms with van der Waals surface area (Å²) in [6, 6.07) is 13.8. The van der Waals surface area contributed by atoms with E-state index in [4.69, 9.17) is 21.1 Å². The van der Waals surface area contributed by atoms with Crippen molar-refractivity contribution < 1.29 is 22.7 Å². The van der Waals surface area contributed by atoms with Crippen LogP contribution in [0.1, 0.15) is 6.42 Å². The summed E-state index contributed by atoms with van der Waals surface area (Å²) in [5.41, 5.74) is 1.27. The molecular weight excluding hydrogens is 500 g/mol. The fourth-order valence-electron chi connectivity index (χ4n) is 3.82. The number of nitrogens with zero attached hydrogens (tertiary/aromatic N) is 4. The second kappa shape index (κ2) is 9.67. The van der Waals surface area contributed by atoms with Gasteiger partial charge in [-0.3, -0.25) is 9.36 Å². The first-order chi connectivity index (χ1) is 16.4. The zero-order chi connectivity index (χ0) is 23.7. The summed E-state index contributed by atoms with van der Waals surface area (Å²) in [7, 11) is -3.69. The first-order valence-corrected chi connectivity index (χ1v) is 13.4. The number of aromatic nitrogens is 3. The second-order valence-electron chi connectivity index (χ2n) is 7.73. The van der Waals surface area contributed by atoms with Crippen LogP contribution < -0.4 is 0 Å². The van der Waals surface area contributed by atoms with Crippen LogP contribution in [0.5, 0.6) is 0 Å². The smallest absolute Gasteiger partial charge is 0.319 e. The van der Waals surface area contributed by atoms with Gasteiger partial charge in [0.15, 0.2) is 11.0 Å². The van der Waals surface area contributed by atoms with Crippen molar-refractivity contribution in [2.24, 2.45) is 0 Å². The number of benzene rings is 2. The highest BCUT2D eigenvalue weighted by Gasteiger charge is 2.31. The molecule has 3 heterocycles. The summed E-state index contributed by atoms with van der Waals surface area (Å²) in [5.74, 6) is 0.154. The molecule has 1 aromatic heterocycles. The van der Waals surface area contributed by atoms with Gasteiger partial charge in [-0.2, -0.15) is 4.31 Å². The molecule has 12 heteroatoms. The summed E-state index contributed by atoms with van der Waals surface area (Å²) < 4.78 is 40.0. The number of carbonyl (C=O) groups excluding carboxylic acids is 1. The number of hydrogen-bond donors (Lipinski definition) is 0. The molecule has 178 valence electrons. The molecule has 2 aliphatic heterocycles. The highest BCUT2D eigenvalue weighted by molar-refractivity contribution is 8.00. The Bertz CT molecular complexity index is 1320. The van der Waals surface area contributed by atoms with Crippen LogP contribution in [0.3, 0.4) is 0 Å². The SMILES string of the molecule is O=C1OCC[C@@H]1Sc1nnc(-c2cccc(S(=O)(=O)N3CCOCC3)c2)n1-c1cccc(Cl)c1. The van der Waals surface area contributed by atoms with Gasteiger partial charge in [-0.25, -0.2) is 8.42 Å². The average Bonchev–Trinajstić information content (AvgIpc) is 3.46. The molecule has 0 saturated carbocycles. The van der Waals surface area contributed by atoms with E-state index in [2.05, 4.69) is 10.2 Å². The molecule has 0 spiro atoms. The largest absolute Gasteiger partial charge is 0.465 e. The first kappa shape index (κ1) is 23.3. The van der Waals surface area contributed by atoms with E-state index in [9.17, 15) is 13.2 Å². The molecule has 5 rings (SSSR count). The summed E-state index contributed by atoms with van der Waals surface area (Å²) in [6.07, 6.45) is 0.578. The fraction of sp³-hybridized carbons (Fsp3) is 0.318. The molecule has 1 atom stereocenters. The van der Waals surface area contributed by atoms with E-state index < -0.39 is 10.0 Å². The lowest BCUT2D eigenvalue weighted by molar-refractivity contribution is -0.137. The van der Waals surface area contributed by atoms with Crippen molar-refractivity contribution in [2.75, 3.05) is 32.9 Å². The summed E-state index contributed by atoms with van der Waals surface area (Å²) in [4.78, 5) is 12.2. The second-order valence-corrected chi connectivity index (χ2v) is 11.3. The van der Waals surface area contributed by atoms with Crippen molar-refractivity contribution >= 4 is 39.4 Å². The molecule has 34 heavy (non-hydrogen) atoms. The molecule has 0 radical (unpaired) electrons. The lowest BCUT2D eigenvalue weighted by atomic mass is 10.2. The molecule has 2 aromatic carbocycles. The van der Waals surface area contributed by atoms with Gasteiger partial charge in [0, 0.05) is 30.1 Å². The van der Waals surface area contributed by atoms with Gasteiger partial charge in [-0.05, 0) is 30.3 Å². The number of cyclic esters (lactones) is 1. The third-order valence-electron chi connectivity index (χ3n) is 5.53. The van der Waals surface area contributed by atoms with Gasteiger partial charge in [-0.15, -0.1) is 10.2 Å². The lowest BCUT2D eigenvalue weighted by Gasteiger charge is -2.26. The predicted molar refractivity (Wildman–Crippen MR) is 127 cm³/mol. The normalized spacial score (nSPS) is 19.3. The van der Waals surface area contributed by atoms with Gasteiger partial charge >= 0.3 is 5.97 Å². The number of morpholine rings is 1. The number of hydrogen-bond acceptors (Lipinski definition) is 8. The molecular formula is C22H21ClN4O5S2. The summed E-state index contributed by atoms with van der Waals surface area (Å²) >= 11 is 7.51. The lowest BCUT2D eigenvalue weighted by Crippen LogP contribution is -2.40. The Morgan fingerprint density at radius 3 is 2.56 bits per heavy atom. The third kappa shape index (κ3) is 4.58. The number of ether oxygens (including phenoxy) is 2. The number of thioether (sulfide) groups is 1. The van der Waals surface area contributed by atoms with Crippen molar-refractivity contribution in [3.8, 4) is 17.1 Å². The first-order valence-electron chi connectivity index (χ1n) is 10.7. The van der Waals surface area contributed by atoms with Crippen molar-refractivity contribution in [1.29, 1.82) is 0 Å². The van der Waals surface area contributed by atoms with E-state index >= 15 is 0 Å². The molecule has 2 aliphatic rings. The molecule has 2 saturated heterocycles. The van der Waals surface area contributed by atoms with E-state index in [1.165, 1.54) is 16.1 Å². The zero-order valence-corrected chi connectivity index (χ0v) is 20.4. The van der Waals surface area contributed by atoms with E-state index in [-0.39, 0.29) is 16.1 Å². The van der Waals surface area contributed by atoms with E-state index in [1.807, 2.05) is 6.07 Å². The van der Waals surface area contributed by atoms with Gasteiger partial charge in [-0.1, -0.05) is 41.6 Å². The fourth-order valence-corrected chi connectivity index (χ4v) is 6.48. The molecule has 0 aliphatic carbocycles. The van der Waals surface area contributed by atoms with Crippen LogP contribution in [-0.2, 0) is 24.3 Å². The Morgan fingerprint density at radius 1 is 1.03 bits per heavy atom. The van der Waals surface area contributed by atoms with Gasteiger partial charge in [0.1, 0.15) is 5.25 Å². The highest BCUT2D eigenvalue weighted by Crippen LogP contribution is 2.34. The molecule has 2 fully saturated rings. The Labute approximate surface area is 206 Å². The minimum atomic E-state index is -3.69. The monoisotopic (exact) mass is 520 g/mol. The van der Waals surface area contributed by atoms with E-state index in [0.29, 0.717) is 66.6 Å². The van der Waals surface area contributed by atoms with E-state index in [1.54, 1.807) is 47.0 Å². The average molecular weight is 521 g/mol. The van der Waals surface area contributed by atoms with Crippen molar-refractivity contribution in [2.45, 2.75) is 21.7 Å². The minimum absolute atomic E-state index is 0.168. The maximum absolute atomic E-state index is 13.2. The Kier molecular flexibility index (Phi) is 6.63. The van der Waals surface area contributed by atoms with Crippen LogP contribution in [0.4, 0.5) is 0 Å². The van der Waals surface area contributed by atoms with E-state index in [0.717, 1.165) is 0 Å². The maximum Gasteiger partial charge on any atom is 0.319 e. The molecule has 9 nitrogen and oxygen atoms in total. The predicted octanol–water partition coefficient (Wildman–Crippen LogP) is 3.02. The van der Waals surface area contributed by atoms with Gasteiger partial charge in [0.25, 0.3) is 0 Å². The van der Waals surface area contributed by atoms with Gasteiger partial charge in [0.05, 0.1) is 30.4 Å². The van der Waals surface area contributed by atoms with Crippen LogP contribution in [0.15, 0.2) is 58.6 Å². The van der Waals surface area contributed by atoms with Crippen molar-refractivity contribution in [1.82, 2.24) is 19.1 Å². The van der Waals surface area contributed by atoms with Crippen molar-refractivity contribution in [3.63, 3.8) is 0 Å². The Hall–Kier alpha value is -2.44. The number of rotatable bonds is 6. The molecule has 0 N–H and O–H groups in total. The molecule has 0 bridgehead atoms. The van der Waals surface area contributed by atoms with Crippen LogP contribution >= 0.6 is 23.4 Å². The number of halogens is 1. The van der Waals surface area contributed by atoms with Gasteiger partial charge < -0.3 is 9.47 Å². The number of sulfonamides is 1. The van der Waals surface area contributed by atoms with Crippen LogP contribution in [-0.4, -0.2) is 71.6 Å². The maximum atomic E-state index is 13.2. The Balaban J connectivity index is 1.57. The summed E-state index contributed by atoms with van der Waals surface area (Å²) in [6.45, 7) is 1.72. The van der Waals surface area contributed by atoms with Crippen LogP contribution in [0.25, 0.3) is 17.1 Å². The number of carbonyl (C=O) groups is 1. The topological polar surface area (TPSA) is 104 Å². The van der Waals surface area contributed by atoms with Crippen LogP contribution in [0, 0.1) is 0 Å². The Morgan fingerprint density at radius 2 is 1.82 bits per heavy atom. The molecule has 3 aromatic rings. The molecule has 0 amide bonds. The standard InChI is InChI=1S/C22H21ClN4O5S2/c23-16-4-2-5-17(14-16)27-20(24-25-22(27)33-19-7-10-32-21(19)28)15-3-1-6-18(13-15)34(29,30)26-8-11-31-12-9-26/h1-6,13-14,19H,7-12H2/t19-/m0/s1. The quantitative estimate of drug-likeness (QED) is 0.457. The van der Waals surface area contributed by atoms with Crippen molar-refractivity contribution in [3.05, 3.63) is 53.6 Å². The van der Waals surface area contributed by atoms with Gasteiger partial charge in [0.2, 0.25) is 10.0 Å². The summed E-state index contributed by atoms with van der Waals surface area (Å²) in [5, 5.41) is 9.32. The van der Waals surface area contributed by atoms with Crippen LogP contribution in [0.2, 0.25) is 5.02 Å².